The van der Waals surface area contributed by atoms with Crippen LogP contribution in [0.2, 0.25) is 0 Å². The average Bonchev–Trinajstić information content (AvgIpc) is 2.31. The Labute approximate surface area is 109 Å². The standard InChI is InChI=1S/C12H15BrFNO2/c1-3-17-7-6-15(2)12(16)10-8-9(14)4-5-11(10)13/h4-5,8H,3,6-7H2,1-2H3. The number of hydrogen-bond acceptors (Lipinski definition) is 2. The molecular formula is C12H15BrFNO2. The van der Waals surface area contributed by atoms with E-state index in [1.165, 1.54) is 23.1 Å². The van der Waals surface area contributed by atoms with E-state index in [2.05, 4.69) is 15.9 Å². The monoisotopic (exact) mass is 303 g/mol. The molecule has 5 heteroatoms. The van der Waals surface area contributed by atoms with Crippen molar-refractivity contribution in [3.05, 3.63) is 34.1 Å². The van der Waals surface area contributed by atoms with Crippen molar-refractivity contribution in [3.8, 4) is 0 Å². The topological polar surface area (TPSA) is 29.5 Å². The molecule has 0 atom stereocenters. The number of carbonyl (C=O) groups excluding carboxylic acids is 1. The van der Waals surface area contributed by atoms with Crippen molar-refractivity contribution in [2.45, 2.75) is 6.92 Å². The van der Waals surface area contributed by atoms with Gasteiger partial charge in [-0.3, -0.25) is 4.79 Å². The van der Waals surface area contributed by atoms with Gasteiger partial charge in [0.2, 0.25) is 0 Å². The molecule has 3 nitrogen and oxygen atoms in total. The summed E-state index contributed by atoms with van der Waals surface area (Å²) in [5, 5.41) is 0. The van der Waals surface area contributed by atoms with Gasteiger partial charge in [-0.1, -0.05) is 0 Å². The predicted octanol–water partition coefficient (Wildman–Crippen LogP) is 2.70. The van der Waals surface area contributed by atoms with Crippen LogP contribution in [0.15, 0.2) is 22.7 Å². The van der Waals surface area contributed by atoms with E-state index in [9.17, 15) is 9.18 Å². The smallest absolute Gasteiger partial charge is 0.254 e. The fourth-order valence-corrected chi connectivity index (χ4v) is 1.73. The third kappa shape index (κ3) is 4.09. The highest BCUT2D eigenvalue weighted by Gasteiger charge is 2.15. The number of ether oxygens (including phenoxy) is 1. The molecule has 1 amide bonds. The Balaban J connectivity index is 2.71. The Hall–Kier alpha value is -0.940. The zero-order chi connectivity index (χ0) is 12.8. The summed E-state index contributed by atoms with van der Waals surface area (Å²) in [4.78, 5) is 13.5. The van der Waals surface area contributed by atoms with Gasteiger partial charge in [0, 0.05) is 24.7 Å². The number of benzene rings is 1. The van der Waals surface area contributed by atoms with Gasteiger partial charge in [-0.2, -0.15) is 0 Å². The van der Waals surface area contributed by atoms with E-state index in [0.717, 1.165) is 0 Å². The molecule has 0 aliphatic rings. The highest BCUT2D eigenvalue weighted by atomic mass is 79.9. The molecular weight excluding hydrogens is 289 g/mol. The van der Waals surface area contributed by atoms with Crippen LogP contribution < -0.4 is 0 Å². The van der Waals surface area contributed by atoms with Crippen molar-refractivity contribution in [2.75, 3.05) is 26.8 Å². The van der Waals surface area contributed by atoms with E-state index < -0.39 is 5.82 Å². The molecule has 0 heterocycles. The zero-order valence-electron chi connectivity index (χ0n) is 9.87. The number of halogens is 2. The second-order valence-electron chi connectivity index (χ2n) is 3.55. The van der Waals surface area contributed by atoms with Gasteiger partial charge in [-0.05, 0) is 41.1 Å². The first kappa shape index (κ1) is 14.1. The van der Waals surface area contributed by atoms with Gasteiger partial charge in [0.15, 0.2) is 0 Å². The van der Waals surface area contributed by atoms with Gasteiger partial charge >= 0.3 is 0 Å². The molecule has 94 valence electrons. The summed E-state index contributed by atoms with van der Waals surface area (Å²) in [5.74, 6) is -0.647. The van der Waals surface area contributed by atoms with E-state index in [4.69, 9.17) is 4.74 Å². The van der Waals surface area contributed by atoms with Gasteiger partial charge in [-0.15, -0.1) is 0 Å². The first-order valence-corrected chi connectivity index (χ1v) is 6.13. The molecule has 0 aliphatic carbocycles. The minimum Gasteiger partial charge on any atom is -0.380 e. The lowest BCUT2D eigenvalue weighted by molar-refractivity contribution is 0.0708. The van der Waals surface area contributed by atoms with E-state index in [1.54, 1.807) is 7.05 Å². The van der Waals surface area contributed by atoms with Gasteiger partial charge in [-0.25, -0.2) is 4.39 Å². The second kappa shape index (κ2) is 6.71. The predicted molar refractivity (Wildman–Crippen MR) is 67.6 cm³/mol. The first-order chi connectivity index (χ1) is 8.06. The summed E-state index contributed by atoms with van der Waals surface area (Å²) in [6.07, 6.45) is 0. The minimum absolute atomic E-state index is 0.226. The quantitative estimate of drug-likeness (QED) is 0.783. The lowest BCUT2D eigenvalue weighted by atomic mass is 10.2. The van der Waals surface area contributed by atoms with E-state index in [1.807, 2.05) is 6.92 Å². The van der Waals surface area contributed by atoms with Crippen LogP contribution in [0.5, 0.6) is 0 Å². The molecule has 0 spiro atoms. The SMILES string of the molecule is CCOCCN(C)C(=O)c1cc(F)ccc1Br. The van der Waals surface area contributed by atoms with Crippen molar-refractivity contribution >= 4 is 21.8 Å². The summed E-state index contributed by atoms with van der Waals surface area (Å²) in [7, 11) is 1.67. The highest BCUT2D eigenvalue weighted by molar-refractivity contribution is 9.10. The molecule has 0 radical (unpaired) electrons. The number of rotatable bonds is 5. The highest BCUT2D eigenvalue weighted by Crippen LogP contribution is 2.19. The molecule has 0 saturated carbocycles. The molecule has 0 aromatic heterocycles. The van der Waals surface area contributed by atoms with Gasteiger partial charge in [0.25, 0.3) is 5.91 Å². The zero-order valence-corrected chi connectivity index (χ0v) is 11.5. The molecule has 0 N–H and O–H groups in total. The molecule has 0 aliphatic heterocycles. The Morgan fingerprint density at radius 3 is 2.88 bits per heavy atom. The largest absolute Gasteiger partial charge is 0.380 e. The van der Waals surface area contributed by atoms with Crippen LogP contribution in [0.4, 0.5) is 4.39 Å². The van der Waals surface area contributed by atoms with Crippen LogP contribution in [0.1, 0.15) is 17.3 Å². The first-order valence-electron chi connectivity index (χ1n) is 5.34. The summed E-state index contributed by atoms with van der Waals surface area (Å²) >= 11 is 3.24. The van der Waals surface area contributed by atoms with Gasteiger partial charge in [0.05, 0.1) is 12.2 Å². The summed E-state index contributed by atoms with van der Waals surface area (Å²) in [6, 6.07) is 4.06. The molecule has 1 aromatic carbocycles. The van der Waals surface area contributed by atoms with Gasteiger partial charge in [0.1, 0.15) is 5.82 Å². The molecule has 0 unspecified atom stereocenters. The van der Waals surface area contributed by atoms with E-state index in [-0.39, 0.29) is 5.91 Å². The maximum absolute atomic E-state index is 13.1. The van der Waals surface area contributed by atoms with Crippen molar-refractivity contribution in [1.82, 2.24) is 4.90 Å². The molecule has 0 saturated heterocycles. The van der Waals surface area contributed by atoms with Crippen LogP contribution in [0.3, 0.4) is 0 Å². The Morgan fingerprint density at radius 1 is 1.53 bits per heavy atom. The lowest BCUT2D eigenvalue weighted by Crippen LogP contribution is -2.30. The summed E-state index contributed by atoms with van der Waals surface area (Å²) in [5.41, 5.74) is 0.323. The van der Waals surface area contributed by atoms with Crippen LogP contribution in [0, 0.1) is 5.82 Å². The molecule has 1 rings (SSSR count). The third-order valence-electron chi connectivity index (χ3n) is 2.28. The number of amides is 1. The van der Waals surface area contributed by atoms with Crippen LogP contribution in [0.25, 0.3) is 0 Å². The fourth-order valence-electron chi connectivity index (χ4n) is 1.31. The number of carbonyl (C=O) groups is 1. The van der Waals surface area contributed by atoms with Crippen LogP contribution >= 0.6 is 15.9 Å². The average molecular weight is 304 g/mol. The summed E-state index contributed by atoms with van der Waals surface area (Å²) < 4.78 is 18.8. The van der Waals surface area contributed by atoms with Crippen molar-refractivity contribution in [3.63, 3.8) is 0 Å². The van der Waals surface area contributed by atoms with Crippen LogP contribution in [-0.4, -0.2) is 37.6 Å². The number of nitrogens with zero attached hydrogens (tertiary/aromatic N) is 1. The molecule has 0 fully saturated rings. The fraction of sp³-hybridized carbons (Fsp3) is 0.417. The van der Waals surface area contributed by atoms with Gasteiger partial charge < -0.3 is 9.64 Å². The van der Waals surface area contributed by atoms with E-state index >= 15 is 0 Å². The van der Waals surface area contributed by atoms with Crippen molar-refractivity contribution < 1.29 is 13.9 Å². The Bertz CT molecular complexity index is 398. The van der Waals surface area contributed by atoms with Crippen LogP contribution in [-0.2, 0) is 4.74 Å². The normalized spacial score (nSPS) is 10.4. The number of likely N-dealkylation sites (N-methyl/N-ethyl adjacent to an activating group) is 1. The van der Waals surface area contributed by atoms with Crippen molar-refractivity contribution in [1.29, 1.82) is 0 Å². The minimum atomic E-state index is -0.422. The Kier molecular flexibility index (Phi) is 5.58. The molecule has 17 heavy (non-hydrogen) atoms. The van der Waals surface area contributed by atoms with Crippen molar-refractivity contribution in [2.24, 2.45) is 0 Å². The lowest BCUT2D eigenvalue weighted by Gasteiger charge is -2.17. The maximum Gasteiger partial charge on any atom is 0.254 e. The van der Waals surface area contributed by atoms with E-state index in [0.29, 0.717) is 29.8 Å². The molecule has 1 aromatic rings. The second-order valence-corrected chi connectivity index (χ2v) is 4.40. The summed E-state index contributed by atoms with van der Waals surface area (Å²) in [6.45, 7) is 3.47. The third-order valence-corrected chi connectivity index (χ3v) is 2.97. The Morgan fingerprint density at radius 2 is 2.24 bits per heavy atom. The number of hydrogen-bond donors (Lipinski definition) is 0. The maximum atomic E-state index is 13.1. The molecule has 0 bridgehead atoms.